The number of carboxylic acid groups (broad SMARTS) is 1. The van der Waals surface area contributed by atoms with Crippen LogP contribution in [0.1, 0.15) is 31.2 Å². The Kier molecular flexibility index (Phi) is 5.89. The predicted octanol–water partition coefficient (Wildman–Crippen LogP) is 1.99. The van der Waals surface area contributed by atoms with Crippen LogP contribution in [0.4, 0.5) is 0 Å². The molecular formula is C20H28N2O5. The molecule has 2 saturated heterocycles. The van der Waals surface area contributed by atoms with E-state index in [9.17, 15) is 9.59 Å². The maximum atomic E-state index is 12.0. The number of carbonyl (C=O) groups excluding carboxylic acids is 1. The molecule has 7 nitrogen and oxygen atoms in total. The molecule has 2 heterocycles. The maximum Gasteiger partial charge on any atom is 0.323 e. The zero-order valence-electron chi connectivity index (χ0n) is 16.1. The highest BCUT2D eigenvalue weighted by molar-refractivity contribution is 5.82. The van der Waals surface area contributed by atoms with E-state index < -0.39 is 5.97 Å². The molecule has 0 atom stereocenters. The summed E-state index contributed by atoms with van der Waals surface area (Å²) < 4.78 is 10.7. The minimum atomic E-state index is -0.939. The van der Waals surface area contributed by atoms with Crippen molar-refractivity contribution < 1.29 is 24.2 Å². The Morgan fingerprint density at radius 2 is 1.85 bits per heavy atom. The molecule has 2 aliphatic heterocycles. The number of piperidine rings is 2. The van der Waals surface area contributed by atoms with Gasteiger partial charge in [0, 0.05) is 19.5 Å². The molecule has 27 heavy (non-hydrogen) atoms. The number of aliphatic carboxylic acids is 1. The van der Waals surface area contributed by atoms with E-state index in [0.29, 0.717) is 13.0 Å². The lowest BCUT2D eigenvalue weighted by Crippen LogP contribution is -2.52. The normalized spacial score (nSPS) is 19.9. The summed E-state index contributed by atoms with van der Waals surface area (Å²) in [6.07, 6.45) is 3.31. The van der Waals surface area contributed by atoms with E-state index in [1.807, 2.05) is 12.1 Å². The van der Waals surface area contributed by atoms with Gasteiger partial charge in [0.05, 0.1) is 14.2 Å². The first-order valence-corrected chi connectivity index (χ1v) is 9.37. The Hall–Kier alpha value is -2.28. The second-order valence-corrected chi connectivity index (χ2v) is 7.61. The van der Waals surface area contributed by atoms with Crippen molar-refractivity contribution in [1.82, 2.24) is 9.80 Å². The highest BCUT2D eigenvalue weighted by atomic mass is 16.5. The number of likely N-dealkylation sites (tertiary alicyclic amines) is 2. The number of hydrogen-bond donors (Lipinski definition) is 1. The highest BCUT2D eigenvalue weighted by Gasteiger charge is 2.41. The first-order valence-electron chi connectivity index (χ1n) is 9.37. The summed E-state index contributed by atoms with van der Waals surface area (Å²) in [5, 5.41) is 9.04. The number of methoxy groups -OCH3 is 2. The van der Waals surface area contributed by atoms with Crippen molar-refractivity contribution in [3.8, 4) is 11.5 Å². The Bertz CT molecular complexity index is 698. The largest absolute Gasteiger partial charge is 0.493 e. The van der Waals surface area contributed by atoms with Crippen LogP contribution in [0.2, 0.25) is 0 Å². The minimum absolute atomic E-state index is 0.0317. The van der Waals surface area contributed by atoms with Gasteiger partial charge < -0.3 is 19.5 Å². The molecule has 2 aliphatic rings. The van der Waals surface area contributed by atoms with E-state index >= 15 is 0 Å². The van der Waals surface area contributed by atoms with Crippen LogP contribution in [0.25, 0.3) is 0 Å². The van der Waals surface area contributed by atoms with E-state index in [-0.39, 0.29) is 17.9 Å². The van der Waals surface area contributed by atoms with Crippen molar-refractivity contribution in [2.75, 3.05) is 40.4 Å². The van der Waals surface area contributed by atoms with Gasteiger partial charge in [-0.1, -0.05) is 6.07 Å². The van der Waals surface area contributed by atoms with Crippen molar-refractivity contribution in [1.29, 1.82) is 0 Å². The van der Waals surface area contributed by atoms with E-state index in [1.165, 1.54) is 10.5 Å². The summed E-state index contributed by atoms with van der Waals surface area (Å²) in [5.74, 6) is 0.491. The quantitative estimate of drug-likeness (QED) is 0.818. The molecule has 0 bridgehead atoms. The summed E-state index contributed by atoms with van der Waals surface area (Å²) in [5.41, 5.74) is 1.24. The number of rotatable bonds is 6. The smallest absolute Gasteiger partial charge is 0.323 e. The van der Waals surface area contributed by atoms with Gasteiger partial charge in [0.2, 0.25) is 5.91 Å². The van der Waals surface area contributed by atoms with Gasteiger partial charge in [-0.25, -0.2) is 0 Å². The zero-order chi connectivity index (χ0) is 19.4. The number of benzene rings is 1. The minimum Gasteiger partial charge on any atom is -0.493 e. The van der Waals surface area contributed by atoms with Gasteiger partial charge in [0.25, 0.3) is 0 Å². The lowest BCUT2D eigenvalue weighted by Gasteiger charge is -2.47. The summed E-state index contributed by atoms with van der Waals surface area (Å²) >= 11 is 0. The van der Waals surface area contributed by atoms with E-state index in [2.05, 4.69) is 11.0 Å². The molecule has 0 aromatic heterocycles. The van der Waals surface area contributed by atoms with E-state index in [1.54, 1.807) is 14.2 Å². The first kappa shape index (κ1) is 19.5. The fourth-order valence-corrected chi connectivity index (χ4v) is 4.24. The van der Waals surface area contributed by atoms with Crippen LogP contribution < -0.4 is 9.47 Å². The molecule has 0 radical (unpaired) electrons. The molecule has 3 rings (SSSR count). The van der Waals surface area contributed by atoms with Gasteiger partial charge in [-0.2, -0.15) is 0 Å². The average Bonchev–Trinajstić information content (AvgIpc) is 2.66. The van der Waals surface area contributed by atoms with Crippen molar-refractivity contribution in [2.24, 2.45) is 5.41 Å². The third-order valence-corrected chi connectivity index (χ3v) is 5.85. The van der Waals surface area contributed by atoms with E-state index in [0.717, 1.165) is 50.4 Å². The van der Waals surface area contributed by atoms with Crippen LogP contribution >= 0.6 is 0 Å². The molecule has 1 aromatic rings. The monoisotopic (exact) mass is 376 g/mol. The van der Waals surface area contributed by atoms with Gasteiger partial charge in [-0.05, 0) is 55.5 Å². The molecule has 1 amide bonds. The Labute approximate surface area is 159 Å². The molecule has 1 N–H and O–H groups in total. The van der Waals surface area contributed by atoms with Crippen LogP contribution in [0, 0.1) is 5.41 Å². The van der Waals surface area contributed by atoms with Gasteiger partial charge >= 0.3 is 5.97 Å². The molecular weight excluding hydrogens is 348 g/mol. The first-order chi connectivity index (χ1) is 12.9. The fraction of sp³-hybridized carbons (Fsp3) is 0.600. The molecule has 0 saturated carbocycles. The average molecular weight is 376 g/mol. The van der Waals surface area contributed by atoms with Crippen molar-refractivity contribution >= 4 is 11.9 Å². The Morgan fingerprint density at radius 3 is 2.48 bits per heavy atom. The van der Waals surface area contributed by atoms with Crippen molar-refractivity contribution in [2.45, 2.75) is 32.2 Å². The Balaban J connectivity index is 1.58. The van der Waals surface area contributed by atoms with Gasteiger partial charge in [0.1, 0.15) is 6.54 Å². The van der Waals surface area contributed by atoms with Crippen LogP contribution in [-0.2, 0) is 16.1 Å². The van der Waals surface area contributed by atoms with Gasteiger partial charge in [0.15, 0.2) is 11.5 Å². The topological polar surface area (TPSA) is 79.3 Å². The van der Waals surface area contributed by atoms with Crippen LogP contribution in [0.5, 0.6) is 11.5 Å². The lowest BCUT2D eigenvalue weighted by atomic mass is 9.72. The van der Waals surface area contributed by atoms with Gasteiger partial charge in [-0.3, -0.25) is 14.5 Å². The summed E-state index contributed by atoms with van der Waals surface area (Å²) in [4.78, 5) is 27.0. The molecule has 148 valence electrons. The molecule has 1 spiro atoms. The van der Waals surface area contributed by atoms with Crippen molar-refractivity contribution in [3.63, 3.8) is 0 Å². The molecule has 0 aliphatic carbocycles. The number of ether oxygens (including phenoxy) is 2. The van der Waals surface area contributed by atoms with Crippen LogP contribution in [0.15, 0.2) is 18.2 Å². The predicted molar refractivity (Wildman–Crippen MR) is 99.9 cm³/mol. The standard InChI is InChI=1S/C20H28N2O5/c1-26-16-4-3-15(11-17(16)27-2)12-21-9-7-20(8-10-21)6-5-18(23)22(14-20)13-19(24)25/h3-4,11H,5-10,12-14H2,1-2H3,(H,24,25). The summed E-state index contributed by atoms with van der Waals surface area (Å²) in [6, 6.07) is 5.99. The Morgan fingerprint density at radius 1 is 1.15 bits per heavy atom. The fourth-order valence-electron chi connectivity index (χ4n) is 4.24. The third-order valence-electron chi connectivity index (χ3n) is 5.85. The summed E-state index contributed by atoms with van der Waals surface area (Å²) in [7, 11) is 3.27. The van der Waals surface area contributed by atoms with Gasteiger partial charge in [-0.15, -0.1) is 0 Å². The number of carboxylic acids is 1. The summed E-state index contributed by atoms with van der Waals surface area (Å²) in [6.45, 7) is 3.12. The second-order valence-electron chi connectivity index (χ2n) is 7.61. The number of amides is 1. The van der Waals surface area contributed by atoms with Crippen LogP contribution in [-0.4, -0.2) is 67.2 Å². The molecule has 7 heteroatoms. The van der Waals surface area contributed by atoms with Crippen molar-refractivity contribution in [3.05, 3.63) is 23.8 Å². The number of carbonyl (C=O) groups is 2. The second kappa shape index (κ2) is 8.17. The number of hydrogen-bond acceptors (Lipinski definition) is 5. The molecule has 0 unspecified atom stereocenters. The maximum absolute atomic E-state index is 12.0. The number of nitrogens with zero attached hydrogens (tertiary/aromatic N) is 2. The third kappa shape index (κ3) is 4.53. The van der Waals surface area contributed by atoms with Crippen LogP contribution in [0.3, 0.4) is 0 Å². The molecule has 1 aromatic carbocycles. The SMILES string of the molecule is COc1ccc(CN2CCC3(CCC(=O)N(CC(=O)O)C3)CC2)cc1OC. The zero-order valence-corrected chi connectivity index (χ0v) is 16.1. The van der Waals surface area contributed by atoms with E-state index in [4.69, 9.17) is 14.6 Å². The lowest BCUT2D eigenvalue weighted by molar-refractivity contribution is -0.149. The highest BCUT2D eigenvalue weighted by Crippen LogP contribution is 2.40. The molecule has 2 fully saturated rings.